The Morgan fingerprint density at radius 3 is 2.82 bits per heavy atom. The molecular formula is C25H29NO8. The van der Waals surface area contributed by atoms with Gasteiger partial charge in [0.2, 0.25) is 5.79 Å². The SMILES string of the molecule is COc1ccc2c3c1OC1C(OC(=O)CC4OC(C)(C)OC4=O)=CCC4(O)C(C2)N(C)CCC314. The summed E-state index contributed by atoms with van der Waals surface area (Å²) in [4.78, 5) is 27.2. The molecule has 9 heteroatoms. The minimum atomic E-state index is -1.08. The second kappa shape index (κ2) is 6.96. The molecule has 1 aromatic rings. The van der Waals surface area contributed by atoms with E-state index in [2.05, 4.69) is 4.90 Å². The molecule has 0 saturated carbocycles. The second-order valence-electron chi connectivity index (χ2n) is 10.4. The van der Waals surface area contributed by atoms with Gasteiger partial charge in [-0.15, -0.1) is 0 Å². The summed E-state index contributed by atoms with van der Waals surface area (Å²) in [5.41, 5.74) is 0.260. The number of aliphatic hydroxyl groups is 1. The number of methoxy groups -OCH3 is 1. The highest BCUT2D eigenvalue weighted by Gasteiger charge is 2.72. The van der Waals surface area contributed by atoms with Gasteiger partial charge in [0.1, 0.15) is 5.76 Å². The summed E-state index contributed by atoms with van der Waals surface area (Å²) in [6.45, 7) is 4.02. The zero-order valence-electron chi connectivity index (χ0n) is 19.8. The van der Waals surface area contributed by atoms with Crippen LogP contribution in [0.25, 0.3) is 0 Å². The molecule has 1 N–H and O–H groups in total. The van der Waals surface area contributed by atoms with Gasteiger partial charge >= 0.3 is 11.9 Å². The van der Waals surface area contributed by atoms with Crippen molar-refractivity contribution in [2.45, 2.75) is 74.6 Å². The van der Waals surface area contributed by atoms with Gasteiger partial charge in [-0.05, 0) is 44.1 Å². The molecule has 6 rings (SSSR count). The lowest BCUT2D eigenvalue weighted by Gasteiger charge is -2.61. The molecule has 2 saturated heterocycles. The molecule has 3 heterocycles. The molecule has 3 aliphatic heterocycles. The van der Waals surface area contributed by atoms with Gasteiger partial charge in [0.15, 0.2) is 23.7 Å². The number of hydrogen-bond donors (Lipinski definition) is 1. The first kappa shape index (κ1) is 21.9. The van der Waals surface area contributed by atoms with Crippen LogP contribution >= 0.6 is 0 Å². The Labute approximate surface area is 197 Å². The van der Waals surface area contributed by atoms with Crippen molar-refractivity contribution < 1.29 is 38.4 Å². The number of piperidine rings is 1. The quantitative estimate of drug-likeness (QED) is 0.656. The molecule has 5 atom stereocenters. The van der Waals surface area contributed by atoms with Gasteiger partial charge in [0.05, 0.1) is 24.5 Å². The number of esters is 2. The number of likely N-dealkylation sites (tertiary alicyclic amines) is 1. The highest BCUT2D eigenvalue weighted by Crippen LogP contribution is 2.65. The molecule has 34 heavy (non-hydrogen) atoms. The minimum Gasteiger partial charge on any atom is -0.493 e. The molecule has 2 aliphatic carbocycles. The zero-order valence-corrected chi connectivity index (χ0v) is 19.8. The van der Waals surface area contributed by atoms with E-state index in [1.54, 1.807) is 27.0 Å². The molecule has 2 fully saturated rings. The smallest absolute Gasteiger partial charge is 0.338 e. The average molecular weight is 472 g/mol. The Hall–Kier alpha value is -2.62. The molecule has 1 aromatic carbocycles. The Balaban J connectivity index is 1.36. The van der Waals surface area contributed by atoms with Crippen LogP contribution in [0.3, 0.4) is 0 Å². The number of ether oxygens (including phenoxy) is 5. The summed E-state index contributed by atoms with van der Waals surface area (Å²) in [5.74, 6) is -0.709. The van der Waals surface area contributed by atoms with Crippen LogP contribution in [-0.2, 0) is 35.6 Å². The lowest BCUT2D eigenvalue weighted by molar-refractivity contribution is -0.171. The van der Waals surface area contributed by atoms with Crippen LogP contribution in [0.1, 0.15) is 44.2 Å². The Morgan fingerprint density at radius 2 is 2.12 bits per heavy atom. The third-order valence-electron chi connectivity index (χ3n) is 8.18. The average Bonchev–Trinajstić information content (AvgIpc) is 3.25. The maximum absolute atomic E-state index is 12.9. The maximum atomic E-state index is 12.9. The van der Waals surface area contributed by atoms with E-state index in [0.717, 1.165) is 17.7 Å². The summed E-state index contributed by atoms with van der Waals surface area (Å²) >= 11 is 0. The topological polar surface area (TPSA) is 104 Å². The Bertz CT molecular complexity index is 1130. The monoisotopic (exact) mass is 471 g/mol. The number of cyclic esters (lactones) is 1. The van der Waals surface area contributed by atoms with Crippen LogP contribution in [0.4, 0.5) is 0 Å². The highest BCUT2D eigenvalue weighted by molar-refractivity contribution is 5.83. The summed E-state index contributed by atoms with van der Waals surface area (Å²) in [6, 6.07) is 3.85. The van der Waals surface area contributed by atoms with Crippen LogP contribution in [0, 0.1) is 0 Å². The third kappa shape index (κ3) is 2.71. The fraction of sp³-hybridized carbons (Fsp3) is 0.600. The van der Waals surface area contributed by atoms with Gasteiger partial charge in [0.25, 0.3) is 0 Å². The van der Waals surface area contributed by atoms with Gasteiger partial charge < -0.3 is 33.7 Å². The standard InChI is InChI=1S/C25H29NO8/c1-23(2)33-16(22(28)34-23)12-18(27)31-15-7-8-25(29)17-11-13-5-6-14(30-4)20-19(13)24(25,21(15)32-20)9-10-26(17)3/h5-7,16-17,21,29H,8-12H2,1-4H3. The fourth-order valence-electron chi connectivity index (χ4n) is 6.76. The predicted octanol–water partition coefficient (Wildman–Crippen LogP) is 1.58. The first-order chi connectivity index (χ1) is 16.1. The lowest BCUT2D eigenvalue weighted by atomic mass is 9.50. The number of carbonyl (C=O) groups is 2. The molecule has 0 aromatic heterocycles. The van der Waals surface area contributed by atoms with E-state index in [-0.39, 0.29) is 12.5 Å². The summed E-state index contributed by atoms with van der Waals surface area (Å²) < 4.78 is 28.5. The van der Waals surface area contributed by atoms with Crippen LogP contribution in [0.5, 0.6) is 11.5 Å². The van der Waals surface area contributed by atoms with Gasteiger partial charge in [-0.25, -0.2) is 4.79 Å². The molecule has 1 spiro atoms. The largest absolute Gasteiger partial charge is 0.493 e. The van der Waals surface area contributed by atoms with Crippen LogP contribution in [0.15, 0.2) is 24.0 Å². The van der Waals surface area contributed by atoms with Crippen molar-refractivity contribution in [2.75, 3.05) is 20.7 Å². The van der Waals surface area contributed by atoms with Gasteiger partial charge in [-0.3, -0.25) is 4.79 Å². The van der Waals surface area contributed by atoms with Gasteiger partial charge in [-0.2, -0.15) is 0 Å². The fourth-order valence-corrected chi connectivity index (χ4v) is 6.76. The van der Waals surface area contributed by atoms with Gasteiger partial charge in [-0.1, -0.05) is 6.07 Å². The molecule has 9 nitrogen and oxygen atoms in total. The predicted molar refractivity (Wildman–Crippen MR) is 117 cm³/mol. The number of rotatable bonds is 4. The summed E-state index contributed by atoms with van der Waals surface area (Å²) in [7, 11) is 3.63. The van der Waals surface area contributed by atoms with Crippen LogP contribution in [0.2, 0.25) is 0 Å². The number of likely N-dealkylation sites (N-methyl/N-ethyl adjacent to an activating group) is 1. The normalized spacial score (nSPS) is 36.8. The second-order valence-corrected chi connectivity index (χ2v) is 10.4. The molecule has 0 radical (unpaired) electrons. The molecule has 2 bridgehead atoms. The molecule has 182 valence electrons. The Morgan fingerprint density at radius 1 is 1.32 bits per heavy atom. The molecule has 5 unspecified atom stereocenters. The molecule has 0 amide bonds. The van der Waals surface area contributed by atoms with E-state index < -0.39 is 40.9 Å². The summed E-state index contributed by atoms with van der Waals surface area (Å²) in [6.07, 6.45) is 1.48. The first-order valence-corrected chi connectivity index (χ1v) is 11.7. The number of carbonyl (C=O) groups excluding carboxylic acids is 2. The van der Waals surface area contributed by atoms with Crippen molar-refractivity contribution in [3.05, 3.63) is 35.1 Å². The van der Waals surface area contributed by atoms with Crippen molar-refractivity contribution in [1.82, 2.24) is 4.90 Å². The van der Waals surface area contributed by atoms with Crippen molar-refractivity contribution in [3.8, 4) is 11.5 Å². The highest BCUT2D eigenvalue weighted by atomic mass is 16.8. The van der Waals surface area contributed by atoms with E-state index >= 15 is 0 Å². The van der Waals surface area contributed by atoms with E-state index in [1.807, 2.05) is 19.2 Å². The lowest BCUT2D eigenvalue weighted by Crippen LogP contribution is -2.74. The first-order valence-electron chi connectivity index (χ1n) is 11.7. The number of benzene rings is 1. The van der Waals surface area contributed by atoms with Crippen molar-refractivity contribution >= 4 is 11.9 Å². The van der Waals surface area contributed by atoms with Gasteiger partial charge in [0, 0.05) is 31.9 Å². The number of hydrogen-bond acceptors (Lipinski definition) is 9. The maximum Gasteiger partial charge on any atom is 0.338 e. The zero-order chi connectivity index (χ0) is 24.0. The Kier molecular flexibility index (Phi) is 4.48. The van der Waals surface area contributed by atoms with E-state index in [1.165, 1.54) is 0 Å². The number of nitrogens with zero attached hydrogens (tertiary/aromatic N) is 1. The van der Waals surface area contributed by atoms with E-state index in [4.69, 9.17) is 23.7 Å². The van der Waals surface area contributed by atoms with Crippen molar-refractivity contribution in [3.63, 3.8) is 0 Å². The summed E-state index contributed by atoms with van der Waals surface area (Å²) in [5, 5.41) is 12.2. The van der Waals surface area contributed by atoms with Crippen molar-refractivity contribution in [2.24, 2.45) is 0 Å². The van der Waals surface area contributed by atoms with Crippen LogP contribution in [-0.4, -0.2) is 72.3 Å². The van der Waals surface area contributed by atoms with Crippen LogP contribution < -0.4 is 9.47 Å². The third-order valence-corrected chi connectivity index (χ3v) is 8.18. The molecule has 5 aliphatic rings. The van der Waals surface area contributed by atoms with E-state index in [0.29, 0.717) is 36.5 Å². The van der Waals surface area contributed by atoms with E-state index in [9.17, 15) is 14.7 Å². The minimum absolute atomic E-state index is 0.0865. The van der Waals surface area contributed by atoms with Crippen molar-refractivity contribution in [1.29, 1.82) is 0 Å². The molecular weight excluding hydrogens is 442 g/mol.